The van der Waals surface area contributed by atoms with Gasteiger partial charge < -0.3 is 0 Å². The van der Waals surface area contributed by atoms with Crippen LogP contribution in [0.2, 0.25) is 0 Å². The van der Waals surface area contributed by atoms with Crippen molar-refractivity contribution in [2.75, 3.05) is 5.75 Å². The van der Waals surface area contributed by atoms with Gasteiger partial charge in [0, 0.05) is 17.6 Å². The molecule has 3 heterocycles. The van der Waals surface area contributed by atoms with Crippen LogP contribution in [-0.2, 0) is 6.54 Å². The topological polar surface area (TPSA) is 70.0 Å². The SMILES string of the molecule is O=c1n(CCSc2nncn2-c2ccccc2)nc2ccccn12. The van der Waals surface area contributed by atoms with E-state index < -0.39 is 0 Å². The van der Waals surface area contributed by atoms with Crippen LogP contribution in [0.3, 0.4) is 0 Å². The van der Waals surface area contributed by atoms with Crippen molar-refractivity contribution in [1.29, 1.82) is 0 Å². The number of para-hydroxylation sites is 1. The summed E-state index contributed by atoms with van der Waals surface area (Å²) in [6.45, 7) is 0.507. The van der Waals surface area contributed by atoms with Gasteiger partial charge >= 0.3 is 5.69 Å². The number of thioether (sulfide) groups is 1. The fraction of sp³-hybridized carbons (Fsp3) is 0.125. The highest BCUT2D eigenvalue weighted by molar-refractivity contribution is 7.99. The molecule has 1 aromatic carbocycles. The van der Waals surface area contributed by atoms with E-state index in [-0.39, 0.29) is 5.69 Å². The molecule has 0 unspecified atom stereocenters. The number of nitrogens with zero attached hydrogens (tertiary/aromatic N) is 6. The van der Waals surface area contributed by atoms with Gasteiger partial charge in [-0.05, 0) is 24.3 Å². The van der Waals surface area contributed by atoms with Crippen LogP contribution in [0.25, 0.3) is 11.3 Å². The Balaban J connectivity index is 1.49. The van der Waals surface area contributed by atoms with E-state index in [0.717, 1.165) is 10.8 Å². The molecule has 0 amide bonds. The monoisotopic (exact) mass is 338 g/mol. The summed E-state index contributed by atoms with van der Waals surface area (Å²) in [5, 5.41) is 13.2. The lowest BCUT2D eigenvalue weighted by molar-refractivity contribution is 0.639. The van der Waals surface area contributed by atoms with Gasteiger partial charge in [-0.15, -0.1) is 15.3 Å². The Morgan fingerprint density at radius 3 is 2.71 bits per heavy atom. The molecule has 0 spiro atoms. The Bertz CT molecular complexity index is 1020. The van der Waals surface area contributed by atoms with Crippen LogP contribution in [0.15, 0.2) is 71.0 Å². The van der Waals surface area contributed by atoms with E-state index in [1.165, 1.54) is 9.08 Å². The number of rotatable bonds is 5. The predicted octanol–water partition coefficient (Wildman–Crippen LogP) is 1.87. The number of pyridine rings is 1. The third-order valence-electron chi connectivity index (χ3n) is 3.57. The molecule has 0 aliphatic carbocycles. The Kier molecular flexibility index (Phi) is 3.87. The van der Waals surface area contributed by atoms with Crippen LogP contribution in [-0.4, -0.2) is 34.7 Å². The lowest BCUT2D eigenvalue weighted by atomic mass is 10.3. The molecule has 4 rings (SSSR count). The molecule has 120 valence electrons. The normalized spacial score (nSPS) is 11.2. The molecular formula is C16H14N6OS. The van der Waals surface area contributed by atoms with Crippen molar-refractivity contribution in [3.05, 3.63) is 71.5 Å². The Morgan fingerprint density at radius 1 is 1.04 bits per heavy atom. The van der Waals surface area contributed by atoms with Crippen molar-refractivity contribution in [1.82, 2.24) is 28.9 Å². The predicted molar refractivity (Wildman–Crippen MR) is 91.5 cm³/mol. The number of aryl methyl sites for hydroxylation is 1. The number of hydrogen-bond acceptors (Lipinski definition) is 5. The van der Waals surface area contributed by atoms with Gasteiger partial charge in [0.2, 0.25) is 0 Å². The average Bonchev–Trinajstić information content (AvgIpc) is 3.21. The summed E-state index contributed by atoms with van der Waals surface area (Å²) >= 11 is 1.54. The molecule has 4 aromatic rings. The van der Waals surface area contributed by atoms with Crippen LogP contribution < -0.4 is 5.69 Å². The third kappa shape index (κ3) is 2.71. The van der Waals surface area contributed by atoms with E-state index in [4.69, 9.17) is 0 Å². The summed E-state index contributed by atoms with van der Waals surface area (Å²) in [5.74, 6) is 0.676. The van der Waals surface area contributed by atoms with Crippen molar-refractivity contribution in [2.45, 2.75) is 11.7 Å². The molecule has 24 heavy (non-hydrogen) atoms. The zero-order valence-corrected chi connectivity index (χ0v) is 13.5. The maximum atomic E-state index is 12.2. The van der Waals surface area contributed by atoms with Gasteiger partial charge in [-0.3, -0.25) is 8.97 Å². The highest BCUT2D eigenvalue weighted by Crippen LogP contribution is 2.19. The largest absolute Gasteiger partial charge is 0.350 e. The second kappa shape index (κ2) is 6.32. The summed E-state index contributed by atoms with van der Waals surface area (Å²) in [5.41, 5.74) is 1.53. The zero-order chi connectivity index (χ0) is 16.4. The Hall–Kier alpha value is -2.87. The van der Waals surface area contributed by atoms with E-state index >= 15 is 0 Å². The van der Waals surface area contributed by atoms with Crippen LogP contribution in [0.4, 0.5) is 0 Å². The van der Waals surface area contributed by atoms with Gasteiger partial charge in [0.05, 0.1) is 6.54 Å². The van der Waals surface area contributed by atoms with Crippen molar-refractivity contribution >= 4 is 17.4 Å². The summed E-state index contributed by atoms with van der Waals surface area (Å²) in [4.78, 5) is 12.2. The Morgan fingerprint density at radius 2 is 1.88 bits per heavy atom. The number of fused-ring (bicyclic) bond motifs is 1. The zero-order valence-electron chi connectivity index (χ0n) is 12.7. The lowest BCUT2D eigenvalue weighted by Gasteiger charge is -2.05. The summed E-state index contributed by atoms with van der Waals surface area (Å²) in [6.07, 6.45) is 3.41. The highest BCUT2D eigenvalue weighted by atomic mass is 32.2. The van der Waals surface area contributed by atoms with Crippen molar-refractivity contribution in [3.8, 4) is 5.69 Å². The number of aromatic nitrogens is 6. The van der Waals surface area contributed by atoms with Gasteiger partial charge in [0.25, 0.3) is 0 Å². The summed E-state index contributed by atoms with van der Waals surface area (Å²) < 4.78 is 4.94. The molecule has 0 saturated carbocycles. The van der Waals surface area contributed by atoms with Crippen LogP contribution >= 0.6 is 11.8 Å². The van der Waals surface area contributed by atoms with Crippen LogP contribution in [0, 0.1) is 0 Å². The van der Waals surface area contributed by atoms with Crippen LogP contribution in [0.1, 0.15) is 0 Å². The standard InChI is InChI=1S/C16H14N6OS/c23-16-20-9-5-4-8-14(20)19-22(16)10-11-24-15-18-17-12-21(15)13-6-2-1-3-7-13/h1-9,12H,10-11H2. The minimum absolute atomic E-state index is 0.129. The molecule has 3 aromatic heterocycles. The molecule has 0 N–H and O–H groups in total. The fourth-order valence-electron chi connectivity index (χ4n) is 2.43. The number of hydrogen-bond donors (Lipinski definition) is 0. The third-order valence-corrected chi connectivity index (χ3v) is 4.50. The molecule has 8 heteroatoms. The van der Waals surface area contributed by atoms with E-state index in [9.17, 15) is 4.79 Å². The first-order chi connectivity index (χ1) is 11.8. The molecule has 0 fully saturated rings. The first kappa shape index (κ1) is 14.7. The second-order valence-corrected chi connectivity index (χ2v) is 6.16. The maximum Gasteiger partial charge on any atom is 0.350 e. The summed E-state index contributed by atoms with van der Waals surface area (Å²) in [6, 6.07) is 15.4. The minimum Gasteiger partial charge on any atom is -0.277 e. The Labute approximate surface area is 141 Å². The molecule has 0 radical (unpaired) electrons. The lowest BCUT2D eigenvalue weighted by Crippen LogP contribution is -2.22. The van der Waals surface area contributed by atoms with Crippen molar-refractivity contribution < 1.29 is 0 Å². The molecule has 0 bridgehead atoms. The van der Waals surface area contributed by atoms with Gasteiger partial charge in [-0.2, -0.15) is 0 Å². The molecule has 7 nitrogen and oxygen atoms in total. The maximum absolute atomic E-state index is 12.2. The van der Waals surface area contributed by atoms with E-state index in [1.807, 2.05) is 53.1 Å². The van der Waals surface area contributed by atoms with Gasteiger partial charge in [0.15, 0.2) is 10.8 Å². The average molecular weight is 338 g/mol. The van der Waals surface area contributed by atoms with Crippen LogP contribution in [0.5, 0.6) is 0 Å². The van der Waals surface area contributed by atoms with Gasteiger partial charge in [-0.25, -0.2) is 9.48 Å². The second-order valence-electron chi connectivity index (χ2n) is 5.10. The highest BCUT2D eigenvalue weighted by Gasteiger charge is 2.09. The molecule has 0 saturated heterocycles. The van der Waals surface area contributed by atoms with Crippen molar-refractivity contribution in [2.24, 2.45) is 0 Å². The summed E-state index contributed by atoms with van der Waals surface area (Å²) in [7, 11) is 0. The number of benzene rings is 1. The molecular weight excluding hydrogens is 324 g/mol. The van der Waals surface area contributed by atoms with E-state index in [0.29, 0.717) is 17.9 Å². The van der Waals surface area contributed by atoms with E-state index in [1.54, 1.807) is 24.3 Å². The fourth-order valence-corrected chi connectivity index (χ4v) is 3.27. The first-order valence-electron chi connectivity index (χ1n) is 7.45. The molecule has 0 aliphatic heterocycles. The quantitative estimate of drug-likeness (QED) is 0.520. The van der Waals surface area contributed by atoms with Gasteiger partial charge in [-0.1, -0.05) is 36.0 Å². The van der Waals surface area contributed by atoms with E-state index in [2.05, 4.69) is 15.3 Å². The smallest absolute Gasteiger partial charge is 0.277 e. The van der Waals surface area contributed by atoms with Crippen molar-refractivity contribution in [3.63, 3.8) is 0 Å². The van der Waals surface area contributed by atoms with Gasteiger partial charge in [0.1, 0.15) is 6.33 Å². The first-order valence-corrected chi connectivity index (χ1v) is 8.44. The molecule has 0 atom stereocenters. The molecule has 0 aliphatic rings. The minimum atomic E-state index is -0.129.